The molecule has 1 saturated heterocycles. The van der Waals surface area contributed by atoms with Gasteiger partial charge in [-0.1, -0.05) is 11.6 Å². The number of nitrogens with zero attached hydrogens (tertiary/aromatic N) is 1. The summed E-state index contributed by atoms with van der Waals surface area (Å²) in [7, 11) is 1.52. The summed E-state index contributed by atoms with van der Waals surface area (Å²) in [6, 6.07) is 10.4. The Balaban J connectivity index is 1.51. The maximum absolute atomic E-state index is 12.8. The molecule has 4 rings (SSSR count). The lowest BCUT2D eigenvalue weighted by atomic mass is 10.1. The van der Waals surface area contributed by atoms with Crippen LogP contribution in [0.3, 0.4) is 0 Å². The van der Waals surface area contributed by atoms with Crippen LogP contribution in [-0.4, -0.2) is 43.0 Å². The fourth-order valence-electron chi connectivity index (χ4n) is 3.62. The number of hydrogen-bond donors (Lipinski definition) is 1. The average molecular weight is 401 g/mol. The lowest BCUT2D eigenvalue weighted by Gasteiger charge is -2.18. The van der Waals surface area contributed by atoms with E-state index in [1.54, 1.807) is 36.4 Å². The van der Waals surface area contributed by atoms with Crippen LogP contribution in [0.1, 0.15) is 28.8 Å². The fraction of sp³-hybridized carbons (Fsp3) is 0.333. The van der Waals surface area contributed by atoms with Crippen molar-refractivity contribution < 1.29 is 19.1 Å². The van der Waals surface area contributed by atoms with E-state index in [4.69, 9.17) is 21.1 Å². The normalized spacial score (nSPS) is 17.8. The monoisotopic (exact) mass is 400 g/mol. The highest BCUT2D eigenvalue weighted by Gasteiger charge is 2.30. The summed E-state index contributed by atoms with van der Waals surface area (Å²) in [5.74, 6) is 0.825. The minimum absolute atomic E-state index is 0.0326. The van der Waals surface area contributed by atoms with Gasteiger partial charge in [-0.25, -0.2) is 0 Å². The molecule has 0 saturated carbocycles. The van der Waals surface area contributed by atoms with Crippen LogP contribution in [-0.2, 0) is 11.2 Å². The van der Waals surface area contributed by atoms with Gasteiger partial charge in [0.2, 0.25) is 0 Å². The summed E-state index contributed by atoms with van der Waals surface area (Å²) < 4.78 is 11.1. The van der Waals surface area contributed by atoms with Gasteiger partial charge in [0.05, 0.1) is 12.8 Å². The summed E-state index contributed by atoms with van der Waals surface area (Å²) in [5, 5.41) is 3.46. The summed E-state index contributed by atoms with van der Waals surface area (Å²) in [6.45, 7) is 1.53. The van der Waals surface area contributed by atoms with Gasteiger partial charge in [0, 0.05) is 30.1 Å². The Morgan fingerprint density at radius 1 is 1.18 bits per heavy atom. The van der Waals surface area contributed by atoms with Crippen LogP contribution >= 0.6 is 11.6 Å². The van der Waals surface area contributed by atoms with E-state index >= 15 is 0 Å². The molecule has 2 aromatic carbocycles. The lowest BCUT2D eigenvalue weighted by molar-refractivity contribution is -0.122. The molecular formula is C21H21ClN2O4. The lowest BCUT2D eigenvalue weighted by Crippen LogP contribution is -2.32. The van der Waals surface area contributed by atoms with E-state index in [1.807, 2.05) is 4.90 Å². The van der Waals surface area contributed by atoms with Gasteiger partial charge in [-0.3, -0.25) is 9.59 Å². The predicted molar refractivity (Wildman–Crippen MR) is 106 cm³/mol. The number of amides is 2. The van der Waals surface area contributed by atoms with Crippen molar-refractivity contribution in [2.45, 2.75) is 25.4 Å². The number of likely N-dealkylation sites (tertiary alicyclic amines) is 1. The topological polar surface area (TPSA) is 67.9 Å². The number of carbonyl (C=O) groups is 2. The van der Waals surface area contributed by atoms with Crippen LogP contribution < -0.4 is 14.8 Å². The van der Waals surface area contributed by atoms with E-state index in [1.165, 1.54) is 7.11 Å². The summed E-state index contributed by atoms with van der Waals surface area (Å²) in [4.78, 5) is 27.2. The van der Waals surface area contributed by atoms with Crippen LogP contribution in [0, 0.1) is 0 Å². The molecule has 0 bridgehead atoms. The zero-order valence-electron chi connectivity index (χ0n) is 15.5. The minimum atomic E-state index is -0.656. The van der Waals surface area contributed by atoms with Gasteiger partial charge >= 0.3 is 0 Å². The number of fused-ring (bicyclic) bond motifs is 1. The highest BCUT2D eigenvalue weighted by Crippen LogP contribution is 2.32. The zero-order valence-corrected chi connectivity index (χ0v) is 16.3. The second kappa shape index (κ2) is 7.72. The summed E-state index contributed by atoms with van der Waals surface area (Å²) in [6.07, 6.45) is 1.83. The molecule has 2 aromatic rings. The number of anilines is 1. The van der Waals surface area contributed by atoms with Crippen LogP contribution in [0.4, 0.5) is 5.69 Å². The van der Waals surface area contributed by atoms with E-state index < -0.39 is 6.10 Å². The highest BCUT2D eigenvalue weighted by atomic mass is 35.5. The number of ether oxygens (including phenoxy) is 2. The van der Waals surface area contributed by atoms with E-state index in [0.29, 0.717) is 34.2 Å². The van der Waals surface area contributed by atoms with Gasteiger partial charge in [0.25, 0.3) is 11.8 Å². The zero-order chi connectivity index (χ0) is 19.7. The third-order valence-corrected chi connectivity index (χ3v) is 5.32. The number of rotatable bonds is 4. The maximum Gasteiger partial charge on any atom is 0.265 e. The third-order valence-electron chi connectivity index (χ3n) is 5.09. The molecule has 2 heterocycles. The number of carbonyl (C=O) groups excluding carboxylic acids is 2. The van der Waals surface area contributed by atoms with Gasteiger partial charge in [-0.05, 0) is 54.8 Å². The van der Waals surface area contributed by atoms with Crippen LogP contribution in [0.25, 0.3) is 0 Å². The van der Waals surface area contributed by atoms with E-state index in [0.717, 1.165) is 31.5 Å². The number of methoxy groups -OCH3 is 1. The molecule has 1 N–H and O–H groups in total. The molecule has 1 fully saturated rings. The molecule has 1 atom stereocenters. The molecule has 0 radical (unpaired) electrons. The predicted octanol–water partition coefficient (Wildman–Crippen LogP) is 3.53. The van der Waals surface area contributed by atoms with Gasteiger partial charge < -0.3 is 19.7 Å². The molecule has 0 aromatic heterocycles. The molecule has 28 heavy (non-hydrogen) atoms. The SMILES string of the molecule is COc1ccc(C(=O)N2CCCC2)cc1NC(=O)[C@@H]1Cc2cc(Cl)ccc2O1. The molecule has 7 heteroatoms. The van der Waals surface area contributed by atoms with Crippen molar-refractivity contribution in [3.8, 4) is 11.5 Å². The van der Waals surface area contributed by atoms with Gasteiger partial charge in [-0.2, -0.15) is 0 Å². The molecular weight excluding hydrogens is 380 g/mol. The second-order valence-corrected chi connectivity index (χ2v) is 7.40. The summed E-state index contributed by atoms with van der Waals surface area (Å²) >= 11 is 6.01. The van der Waals surface area contributed by atoms with Crippen molar-refractivity contribution in [2.24, 2.45) is 0 Å². The fourth-order valence-corrected chi connectivity index (χ4v) is 3.81. The Bertz CT molecular complexity index is 925. The molecule has 0 aliphatic carbocycles. The molecule has 2 amide bonds. The quantitative estimate of drug-likeness (QED) is 0.852. The highest BCUT2D eigenvalue weighted by molar-refractivity contribution is 6.30. The first-order valence-corrected chi connectivity index (χ1v) is 9.66. The first-order valence-electron chi connectivity index (χ1n) is 9.28. The molecule has 0 spiro atoms. The van der Waals surface area contributed by atoms with E-state index in [9.17, 15) is 9.59 Å². The van der Waals surface area contributed by atoms with Crippen molar-refractivity contribution in [1.82, 2.24) is 4.90 Å². The molecule has 2 aliphatic heterocycles. The van der Waals surface area contributed by atoms with Crippen LogP contribution in [0.15, 0.2) is 36.4 Å². The van der Waals surface area contributed by atoms with Crippen LogP contribution in [0.2, 0.25) is 5.02 Å². The molecule has 2 aliphatic rings. The largest absolute Gasteiger partial charge is 0.495 e. The minimum Gasteiger partial charge on any atom is -0.495 e. The Hall–Kier alpha value is -2.73. The Kier molecular flexibility index (Phi) is 5.13. The number of hydrogen-bond acceptors (Lipinski definition) is 4. The van der Waals surface area contributed by atoms with Crippen molar-refractivity contribution in [3.05, 3.63) is 52.5 Å². The van der Waals surface area contributed by atoms with E-state index in [-0.39, 0.29) is 11.8 Å². The standard InChI is InChI=1S/C21H21ClN2O4/c1-27-18-6-4-13(21(26)24-8-2-3-9-24)11-16(18)23-20(25)19-12-14-10-15(22)5-7-17(14)28-19/h4-7,10-11,19H,2-3,8-9,12H2,1H3,(H,23,25)/t19-/m0/s1. The first kappa shape index (κ1) is 18.6. The summed E-state index contributed by atoms with van der Waals surface area (Å²) in [5.41, 5.74) is 1.88. The Morgan fingerprint density at radius 3 is 2.71 bits per heavy atom. The number of nitrogens with one attached hydrogen (secondary N) is 1. The Morgan fingerprint density at radius 2 is 1.96 bits per heavy atom. The van der Waals surface area contributed by atoms with Crippen molar-refractivity contribution >= 4 is 29.1 Å². The van der Waals surface area contributed by atoms with Gasteiger partial charge in [0.15, 0.2) is 6.10 Å². The number of benzene rings is 2. The third kappa shape index (κ3) is 3.64. The van der Waals surface area contributed by atoms with Crippen LogP contribution in [0.5, 0.6) is 11.5 Å². The van der Waals surface area contributed by atoms with Crippen molar-refractivity contribution in [3.63, 3.8) is 0 Å². The number of halogens is 1. The van der Waals surface area contributed by atoms with E-state index in [2.05, 4.69) is 5.32 Å². The first-order chi connectivity index (χ1) is 13.5. The van der Waals surface area contributed by atoms with Crippen molar-refractivity contribution in [1.29, 1.82) is 0 Å². The maximum atomic E-state index is 12.8. The average Bonchev–Trinajstić information content (AvgIpc) is 3.37. The Labute approximate surface area is 168 Å². The smallest absolute Gasteiger partial charge is 0.265 e. The molecule has 146 valence electrons. The molecule has 6 nitrogen and oxygen atoms in total. The van der Waals surface area contributed by atoms with Crippen molar-refractivity contribution in [2.75, 3.05) is 25.5 Å². The van der Waals surface area contributed by atoms with Gasteiger partial charge in [0.1, 0.15) is 11.5 Å². The second-order valence-electron chi connectivity index (χ2n) is 6.97. The molecule has 0 unspecified atom stereocenters. The van der Waals surface area contributed by atoms with Gasteiger partial charge in [-0.15, -0.1) is 0 Å².